The standard InChI is InChI=1S/C26H24P2.C26H22P2/c2*1-5-13-23(14-6-1)27(24-15-7-2-8-16-24)21-22-28(25-17-9-3-10-18-25)26-19-11-4-12-20-26/h1-20H,21-22H2;1-22H. The summed E-state index contributed by atoms with van der Waals surface area (Å²) < 4.78 is 0. The second-order valence-electron chi connectivity index (χ2n) is 13.0. The molecule has 0 aromatic heterocycles. The fourth-order valence-electron chi connectivity index (χ4n) is 6.58. The van der Waals surface area contributed by atoms with Crippen LogP contribution in [0.25, 0.3) is 0 Å². The highest BCUT2D eigenvalue weighted by atomic mass is 31.1. The third-order valence-corrected chi connectivity index (χ3v) is 19.2. The third-order valence-electron chi connectivity index (χ3n) is 9.32. The first-order valence-electron chi connectivity index (χ1n) is 19.1. The predicted octanol–water partition coefficient (Wildman–Crippen LogP) is 11.0. The van der Waals surface area contributed by atoms with Crippen molar-refractivity contribution in [3.8, 4) is 0 Å². The highest BCUT2D eigenvalue weighted by Gasteiger charge is 2.19. The number of rotatable bonds is 13. The third kappa shape index (κ3) is 11.2. The van der Waals surface area contributed by atoms with Crippen molar-refractivity contribution >= 4 is 74.1 Å². The van der Waals surface area contributed by atoms with Crippen LogP contribution in [-0.2, 0) is 0 Å². The molecule has 8 aromatic carbocycles. The van der Waals surface area contributed by atoms with Crippen LogP contribution in [0.4, 0.5) is 0 Å². The fourth-order valence-corrected chi connectivity index (χ4v) is 16.3. The van der Waals surface area contributed by atoms with Gasteiger partial charge in [-0.15, -0.1) is 0 Å². The Morgan fingerprint density at radius 1 is 0.214 bits per heavy atom. The van der Waals surface area contributed by atoms with E-state index in [1.54, 1.807) is 0 Å². The van der Waals surface area contributed by atoms with Gasteiger partial charge in [0.05, 0.1) is 0 Å². The van der Waals surface area contributed by atoms with Crippen LogP contribution in [0.2, 0.25) is 0 Å². The molecule has 0 aliphatic carbocycles. The van der Waals surface area contributed by atoms with Crippen LogP contribution >= 0.6 is 31.7 Å². The minimum Gasteiger partial charge on any atom is -0.0622 e. The highest BCUT2D eigenvalue weighted by molar-refractivity contribution is 7.79. The first-order chi connectivity index (χ1) is 27.8. The number of hydrogen-bond donors (Lipinski definition) is 0. The van der Waals surface area contributed by atoms with Crippen molar-refractivity contribution in [2.75, 3.05) is 12.3 Å². The maximum Gasteiger partial charge on any atom is -0.0157 e. The van der Waals surface area contributed by atoms with Crippen molar-refractivity contribution in [2.24, 2.45) is 0 Å². The number of benzene rings is 8. The van der Waals surface area contributed by atoms with Gasteiger partial charge in [0, 0.05) is 0 Å². The normalized spacial score (nSPS) is 11.2. The quantitative estimate of drug-likeness (QED) is 0.102. The molecule has 0 heterocycles. The van der Waals surface area contributed by atoms with Crippen molar-refractivity contribution in [2.45, 2.75) is 0 Å². The minimum absolute atomic E-state index is 0.348. The van der Waals surface area contributed by atoms with Gasteiger partial charge in [-0.1, -0.05) is 254 Å². The Morgan fingerprint density at radius 2 is 0.375 bits per heavy atom. The molecule has 0 spiro atoms. The van der Waals surface area contributed by atoms with Crippen LogP contribution < -0.4 is 42.4 Å². The van der Waals surface area contributed by atoms with Gasteiger partial charge in [-0.05, 0) is 86.4 Å². The Balaban J connectivity index is 0.000000172. The van der Waals surface area contributed by atoms with Crippen molar-refractivity contribution in [1.29, 1.82) is 0 Å². The molecule has 8 rings (SSSR count). The summed E-state index contributed by atoms with van der Waals surface area (Å²) >= 11 is 0. The lowest BCUT2D eigenvalue weighted by atomic mass is 10.4. The molecule has 274 valence electrons. The molecule has 0 unspecified atom stereocenters. The number of hydrogen-bond acceptors (Lipinski definition) is 0. The molecule has 0 nitrogen and oxygen atoms in total. The van der Waals surface area contributed by atoms with Crippen molar-refractivity contribution < 1.29 is 0 Å². The smallest absolute Gasteiger partial charge is 0.0157 e. The van der Waals surface area contributed by atoms with Gasteiger partial charge >= 0.3 is 0 Å². The molecule has 0 fully saturated rings. The summed E-state index contributed by atoms with van der Waals surface area (Å²) in [4.78, 5) is 0. The lowest BCUT2D eigenvalue weighted by Gasteiger charge is -2.24. The molecule has 56 heavy (non-hydrogen) atoms. The monoisotopic (exact) mass is 794 g/mol. The average molecular weight is 795 g/mol. The first kappa shape index (κ1) is 39.5. The Hall–Kier alpha value is -4.78. The van der Waals surface area contributed by atoms with Crippen LogP contribution in [0.15, 0.2) is 254 Å². The molecule has 0 amide bonds. The van der Waals surface area contributed by atoms with Gasteiger partial charge in [0.25, 0.3) is 0 Å². The summed E-state index contributed by atoms with van der Waals surface area (Å²) in [5, 5.41) is 11.4. The van der Waals surface area contributed by atoms with Gasteiger partial charge < -0.3 is 0 Å². The molecule has 4 heteroatoms. The zero-order valence-electron chi connectivity index (χ0n) is 31.5. The van der Waals surface area contributed by atoms with Crippen LogP contribution in [0.5, 0.6) is 0 Å². The first-order valence-corrected chi connectivity index (χ1v) is 24.9. The molecule has 0 atom stereocenters. The minimum atomic E-state index is -0.528. The van der Waals surface area contributed by atoms with E-state index in [4.69, 9.17) is 0 Å². The highest BCUT2D eigenvalue weighted by Crippen LogP contribution is 2.43. The van der Waals surface area contributed by atoms with E-state index in [1.807, 2.05) is 0 Å². The zero-order chi connectivity index (χ0) is 38.0. The van der Waals surface area contributed by atoms with E-state index in [0.717, 1.165) is 0 Å². The van der Waals surface area contributed by atoms with E-state index >= 15 is 0 Å². The molecule has 0 N–H and O–H groups in total. The molecule has 0 radical (unpaired) electrons. The molecular weight excluding hydrogens is 748 g/mol. The van der Waals surface area contributed by atoms with E-state index in [2.05, 4.69) is 254 Å². The Labute approximate surface area is 339 Å². The van der Waals surface area contributed by atoms with Gasteiger partial charge in [-0.3, -0.25) is 0 Å². The molecule has 0 saturated heterocycles. The molecule has 0 saturated carbocycles. The fraction of sp³-hybridized carbons (Fsp3) is 0.0385. The van der Waals surface area contributed by atoms with E-state index in [1.165, 1.54) is 54.8 Å². The van der Waals surface area contributed by atoms with E-state index in [0.29, 0.717) is 0 Å². The van der Waals surface area contributed by atoms with Crippen LogP contribution in [0, 0.1) is 0 Å². The predicted molar refractivity (Wildman–Crippen MR) is 255 cm³/mol. The van der Waals surface area contributed by atoms with Crippen LogP contribution in [0.1, 0.15) is 0 Å². The second-order valence-corrected chi connectivity index (χ2v) is 21.8. The summed E-state index contributed by atoms with van der Waals surface area (Å²) in [6.07, 6.45) is 2.41. The van der Waals surface area contributed by atoms with Gasteiger partial charge in [0.1, 0.15) is 0 Å². The average Bonchev–Trinajstić information content (AvgIpc) is 3.29. The molecule has 8 aromatic rings. The molecule has 0 aliphatic heterocycles. The molecule has 0 bridgehead atoms. The Bertz CT molecular complexity index is 1960. The summed E-state index contributed by atoms with van der Waals surface area (Å²) in [6.45, 7) is 0. The van der Waals surface area contributed by atoms with Crippen molar-refractivity contribution in [1.82, 2.24) is 0 Å². The summed E-state index contributed by atoms with van der Waals surface area (Å²) in [7, 11) is -1.75. The maximum atomic E-state index is 2.45. The maximum absolute atomic E-state index is 2.45. The lowest BCUT2D eigenvalue weighted by Crippen LogP contribution is -2.19. The van der Waals surface area contributed by atoms with Gasteiger partial charge in [0.15, 0.2) is 0 Å². The van der Waals surface area contributed by atoms with Crippen LogP contribution in [-0.4, -0.2) is 12.3 Å². The van der Waals surface area contributed by atoms with E-state index < -0.39 is 15.8 Å². The SMILES string of the molecule is C(=CP(c1ccccc1)c1ccccc1)P(c1ccccc1)c1ccccc1.c1ccc(P(CCP(c2ccccc2)c2ccccc2)c2ccccc2)cc1. The molecule has 0 aliphatic rings. The zero-order valence-corrected chi connectivity index (χ0v) is 35.0. The van der Waals surface area contributed by atoms with E-state index in [-0.39, 0.29) is 15.8 Å². The van der Waals surface area contributed by atoms with Crippen molar-refractivity contribution in [3.05, 3.63) is 254 Å². The summed E-state index contributed by atoms with van der Waals surface area (Å²) in [6, 6.07) is 87.6. The topological polar surface area (TPSA) is 0 Å². The van der Waals surface area contributed by atoms with Crippen molar-refractivity contribution in [3.63, 3.8) is 0 Å². The van der Waals surface area contributed by atoms with Gasteiger partial charge in [-0.25, -0.2) is 0 Å². The second kappa shape index (κ2) is 21.5. The summed E-state index contributed by atoms with van der Waals surface area (Å²) in [5.41, 5.74) is 0. The van der Waals surface area contributed by atoms with Crippen LogP contribution in [0.3, 0.4) is 0 Å². The Morgan fingerprint density at radius 3 is 0.554 bits per heavy atom. The van der Waals surface area contributed by atoms with Gasteiger partial charge in [-0.2, -0.15) is 0 Å². The summed E-state index contributed by atoms with van der Waals surface area (Å²) in [5.74, 6) is 4.90. The lowest BCUT2D eigenvalue weighted by molar-refractivity contribution is 1.51. The van der Waals surface area contributed by atoms with E-state index in [9.17, 15) is 0 Å². The largest absolute Gasteiger partial charge is 0.0622 e. The Kier molecular flexibility index (Phi) is 15.1. The van der Waals surface area contributed by atoms with Gasteiger partial charge in [0.2, 0.25) is 0 Å². The molecular formula is C52H46P4.